The van der Waals surface area contributed by atoms with Gasteiger partial charge in [0.15, 0.2) is 0 Å². The van der Waals surface area contributed by atoms with Crippen LogP contribution in [0.3, 0.4) is 0 Å². The Kier molecular flexibility index (Phi) is 4.37. The van der Waals surface area contributed by atoms with Gasteiger partial charge < -0.3 is 10.2 Å². The normalized spacial score (nSPS) is 13.0. The number of rotatable bonds is 5. The van der Waals surface area contributed by atoms with Crippen LogP contribution in [0.15, 0.2) is 42.5 Å². The van der Waals surface area contributed by atoms with E-state index >= 15 is 0 Å². The number of carbonyl (C=O) groups is 1. The van der Waals surface area contributed by atoms with Gasteiger partial charge in [-0.2, -0.15) is 0 Å². The van der Waals surface area contributed by atoms with Crippen molar-refractivity contribution in [2.75, 3.05) is 23.3 Å². The lowest BCUT2D eigenvalue weighted by molar-refractivity contribution is -0.118. The van der Waals surface area contributed by atoms with Crippen LogP contribution in [0.5, 0.6) is 0 Å². The minimum atomic E-state index is 0.212. The zero-order valence-corrected chi connectivity index (χ0v) is 12.9. The standard InChI is InChI=1S/C18H21N3O/c1-14-6-4-9-17(20-14)19-12-5-10-18(22)21-13-11-15-7-2-3-8-16(15)21/h2-4,6-9H,5,10-13H2,1H3,(H,19,20). The van der Waals surface area contributed by atoms with Crippen LogP contribution in [0.4, 0.5) is 11.5 Å². The number of hydrogen-bond donors (Lipinski definition) is 1. The van der Waals surface area contributed by atoms with Gasteiger partial charge in [-0.25, -0.2) is 4.98 Å². The molecule has 1 N–H and O–H groups in total. The molecule has 0 radical (unpaired) electrons. The van der Waals surface area contributed by atoms with Gasteiger partial charge in [0.1, 0.15) is 5.82 Å². The molecule has 4 heteroatoms. The minimum Gasteiger partial charge on any atom is -0.370 e. The first-order chi connectivity index (χ1) is 10.7. The van der Waals surface area contributed by atoms with Crippen LogP contribution in [0, 0.1) is 6.92 Å². The van der Waals surface area contributed by atoms with Gasteiger partial charge in [-0.15, -0.1) is 0 Å². The molecule has 114 valence electrons. The van der Waals surface area contributed by atoms with Gasteiger partial charge in [-0.1, -0.05) is 24.3 Å². The van der Waals surface area contributed by atoms with E-state index in [4.69, 9.17) is 0 Å². The predicted molar refractivity (Wildman–Crippen MR) is 89.2 cm³/mol. The smallest absolute Gasteiger partial charge is 0.227 e. The number of aryl methyl sites for hydroxylation is 1. The molecule has 1 aliphatic rings. The van der Waals surface area contributed by atoms with E-state index in [0.29, 0.717) is 6.42 Å². The predicted octanol–water partition coefficient (Wildman–Crippen LogP) is 3.17. The molecular weight excluding hydrogens is 274 g/mol. The number of hydrogen-bond acceptors (Lipinski definition) is 3. The minimum absolute atomic E-state index is 0.212. The summed E-state index contributed by atoms with van der Waals surface area (Å²) < 4.78 is 0. The Hall–Kier alpha value is -2.36. The van der Waals surface area contributed by atoms with E-state index in [1.807, 2.05) is 48.2 Å². The van der Waals surface area contributed by atoms with E-state index in [-0.39, 0.29) is 5.91 Å². The molecule has 0 saturated heterocycles. The van der Waals surface area contributed by atoms with Crippen LogP contribution in [0.1, 0.15) is 24.1 Å². The Labute approximate surface area is 131 Å². The molecule has 2 heterocycles. The number of fused-ring (bicyclic) bond motifs is 1. The third kappa shape index (κ3) is 3.27. The SMILES string of the molecule is Cc1cccc(NCCCC(=O)N2CCc3ccccc32)n1. The number of nitrogens with one attached hydrogen (secondary N) is 1. The molecule has 1 aromatic heterocycles. The molecule has 2 aromatic rings. The number of aromatic nitrogens is 1. The highest BCUT2D eigenvalue weighted by atomic mass is 16.2. The Bertz CT molecular complexity index is 669. The van der Waals surface area contributed by atoms with E-state index < -0.39 is 0 Å². The summed E-state index contributed by atoms with van der Waals surface area (Å²) in [5.74, 6) is 1.09. The Morgan fingerprint density at radius 1 is 1.23 bits per heavy atom. The van der Waals surface area contributed by atoms with Crippen molar-refractivity contribution in [3.8, 4) is 0 Å². The van der Waals surface area contributed by atoms with Gasteiger partial charge in [0.25, 0.3) is 0 Å². The van der Waals surface area contributed by atoms with Crippen molar-refractivity contribution in [2.24, 2.45) is 0 Å². The summed E-state index contributed by atoms with van der Waals surface area (Å²) in [6.45, 7) is 3.54. The lowest BCUT2D eigenvalue weighted by Gasteiger charge is -2.17. The molecule has 3 rings (SSSR count). The fraction of sp³-hybridized carbons (Fsp3) is 0.333. The van der Waals surface area contributed by atoms with Crippen LogP contribution in [-0.2, 0) is 11.2 Å². The lowest BCUT2D eigenvalue weighted by atomic mass is 10.2. The third-order valence-corrected chi connectivity index (χ3v) is 3.95. The molecule has 0 fully saturated rings. The maximum atomic E-state index is 12.4. The topological polar surface area (TPSA) is 45.2 Å². The average Bonchev–Trinajstić information content (AvgIpc) is 2.95. The zero-order chi connectivity index (χ0) is 15.4. The number of carbonyl (C=O) groups excluding carboxylic acids is 1. The van der Waals surface area contributed by atoms with Crippen LogP contribution >= 0.6 is 0 Å². The van der Waals surface area contributed by atoms with Crippen molar-refractivity contribution in [1.82, 2.24) is 4.98 Å². The maximum Gasteiger partial charge on any atom is 0.227 e. The van der Waals surface area contributed by atoms with Crippen molar-refractivity contribution in [2.45, 2.75) is 26.2 Å². The van der Waals surface area contributed by atoms with E-state index in [1.165, 1.54) is 5.56 Å². The summed E-state index contributed by atoms with van der Waals surface area (Å²) in [4.78, 5) is 18.7. The van der Waals surface area contributed by atoms with Gasteiger partial charge in [-0.3, -0.25) is 4.79 Å². The van der Waals surface area contributed by atoms with Crippen LogP contribution in [0.25, 0.3) is 0 Å². The fourth-order valence-corrected chi connectivity index (χ4v) is 2.83. The highest BCUT2D eigenvalue weighted by Crippen LogP contribution is 2.27. The monoisotopic (exact) mass is 295 g/mol. The summed E-state index contributed by atoms with van der Waals surface area (Å²) in [6.07, 6.45) is 2.34. The molecule has 0 aliphatic carbocycles. The first kappa shape index (κ1) is 14.6. The average molecular weight is 295 g/mol. The zero-order valence-electron chi connectivity index (χ0n) is 12.9. The number of benzene rings is 1. The van der Waals surface area contributed by atoms with Crippen molar-refractivity contribution in [3.05, 3.63) is 53.7 Å². The molecule has 0 spiro atoms. The third-order valence-electron chi connectivity index (χ3n) is 3.95. The van der Waals surface area contributed by atoms with Crippen molar-refractivity contribution >= 4 is 17.4 Å². The van der Waals surface area contributed by atoms with E-state index in [1.54, 1.807) is 0 Å². The molecule has 0 atom stereocenters. The highest BCUT2D eigenvalue weighted by Gasteiger charge is 2.23. The summed E-state index contributed by atoms with van der Waals surface area (Å²) in [7, 11) is 0. The van der Waals surface area contributed by atoms with Gasteiger partial charge in [0, 0.05) is 30.9 Å². The molecule has 0 bridgehead atoms. The van der Waals surface area contributed by atoms with Gasteiger partial charge in [-0.05, 0) is 43.5 Å². The van der Waals surface area contributed by atoms with Crippen molar-refractivity contribution in [3.63, 3.8) is 0 Å². The van der Waals surface area contributed by atoms with Gasteiger partial charge in [0.05, 0.1) is 0 Å². The second kappa shape index (κ2) is 6.60. The Balaban J connectivity index is 1.47. The number of anilines is 2. The summed E-state index contributed by atoms with van der Waals surface area (Å²) in [5.41, 5.74) is 3.36. The van der Waals surface area contributed by atoms with Crippen molar-refractivity contribution < 1.29 is 4.79 Å². The van der Waals surface area contributed by atoms with E-state index in [9.17, 15) is 4.79 Å². The number of pyridine rings is 1. The van der Waals surface area contributed by atoms with Gasteiger partial charge >= 0.3 is 0 Å². The molecule has 4 nitrogen and oxygen atoms in total. The van der Waals surface area contributed by atoms with E-state index in [0.717, 1.165) is 43.1 Å². The number of nitrogens with zero attached hydrogens (tertiary/aromatic N) is 2. The second-order valence-corrected chi connectivity index (χ2v) is 5.62. The molecule has 1 aromatic carbocycles. The first-order valence-electron chi connectivity index (χ1n) is 7.80. The molecule has 1 aliphatic heterocycles. The van der Waals surface area contributed by atoms with Gasteiger partial charge in [0.2, 0.25) is 5.91 Å². The molecule has 0 unspecified atom stereocenters. The quantitative estimate of drug-likeness (QED) is 0.862. The van der Waals surface area contributed by atoms with Crippen LogP contribution < -0.4 is 10.2 Å². The Morgan fingerprint density at radius 2 is 2.09 bits per heavy atom. The maximum absolute atomic E-state index is 12.4. The second-order valence-electron chi connectivity index (χ2n) is 5.62. The summed E-state index contributed by atoms with van der Waals surface area (Å²) in [6, 6.07) is 14.1. The van der Waals surface area contributed by atoms with Crippen LogP contribution in [0.2, 0.25) is 0 Å². The molecule has 22 heavy (non-hydrogen) atoms. The number of para-hydroxylation sites is 1. The molecular formula is C18H21N3O. The molecule has 1 amide bonds. The fourth-order valence-electron chi connectivity index (χ4n) is 2.83. The van der Waals surface area contributed by atoms with E-state index in [2.05, 4.69) is 16.4 Å². The highest BCUT2D eigenvalue weighted by molar-refractivity contribution is 5.95. The number of amides is 1. The molecule has 0 saturated carbocycles. The largest absolute Gasteiger partial charge is 0.370 e. The first-order valence-corrected chi connectivity index (χ1v) is 7.80. The van der Waals surface area contributed by atoms with Crippen LogP contribution in [-0.4, -0.2) is 24.0 Å². The summed E-state index contributed by atoms with van der Waals surface area (Å²) >= 11 is 0. The summed E-state index contributed by atoms with van der Waals surface area (Å²) in [5, 5.41) is 3.27. The lowest BCUT2D eigenvalue weighted by Crippen LogP contribution is -2.29. The van der Waals surface area contributed by atoms with Crippen molar-refractivity contribution in [1.29, 1.82) is 0 Å². The Morgan fingerprint density at radius 3 is 2.95 bits per heavy atom.